The molecule has 1 heterocycles. The van der Waals surface area contributed by atoms with Crippen LogP contribution in [-0.2, 0) is 14.8 Å². The number of nitrogens with zero attached hydrogens (tertiary/aromatic N) is 2. The highest BCUT2D eigenvalue weighted by Crippen LogP contribution is 2.22. The molecule has 2 atom stereocenters. The minimum Gasteiger partial charge on any atom is -0.339 e. The molecule has 5 nitrogen and oxygen atoms in total. The van der Waals surface area contributed by atoms with Crippen molar-refractivity contribution in [2.45, 2.75) is 46.6 Å². The van der Waals surface area contributed by atoms with Crippen molar-refractivity contribution < 1.29 is 13.2 Å². The van der Waals surface area contributed by atoms with Gasteiger partial charge >= 0.3 is 0 Å². The Balaban J connectivity index is 2.69. The van der Waals surface area contributed by atoms with Crippen molar-refractivity contribution in [3.63, 3.8) is 0 Å². The lowest BCUT2D eigenvalue weighted by molar-refractivity contribution is -0.132. The predicted molar refractivity (Wildman–Crippen MR) is 76.3 cm³/mol. The molecule has 0 bridgehead atoms. The van der Waals surface area contributed by atoms with Gasteiger partial charge in [-0.25, -0.2) is 12.7 Å². The summed E-state index contributed by atoms with van der Waals surface area (Å²) >= 11 is 0. The van der Waals surface area contributed by atoms with Gasteiger partial charge in [0.15, 0.2) is 0 Å². The monoisotopic (exact) mass is 290 g/mol. The van der Waals surface area contributed by atoms with E-state index in [0.29, 0.717) is 25.6 Å². The van der Waals surface area contributed by atoms with E-state index in [1.54, 1.807) is 18.7 Å². The number of sulfonamides is 1. The number of carbonyl (C=O) groups is 1. The lowest BCUT2D eigenvalue weighted by Crippen LogP contribution is -2.48. The summed E-state index contributed by atoms with van der Waals surface area (Å²) in [5.41, 5.74) is 0. The maximum atomic E-state index is 12.2. The molecule has 2 unspecified atom stereocenters. The van der Waals surface area contributed by atoms with E-state index >= 15 is 0 Å². The van der Waals surface area contributed by atoms with Crippen molar-refractivity contribution in [2.24, 2.45) is 5.92 Å². The molecule has 0 aromatic heterocycles. The Morgan fingerprint density at radius 3 is 2.32 bits per heavy atom. The highest BCUT2D eigenvalue weighted by atomic mass is 32.2. The average Bonchev–Trinajstić information content (AvgIpc) is 2.28. The molecule has 1 aliphatic rings. The number of hydrogen-bond donors (Lipinski definition) is 0. The zero-order valence-corrected chi connectivity index (χ0v) is 13.2. The second kappa shape index (κ2) is 6.70. The summed E-state index contributed by atoms with van der Waals surface area (Å²) in [6.07, 6.45) is 1.92. The Morgan fingerprint density at radius 1 is 1.26 bits per heavy atom. The molecule has 1 rings (SSSR count). The molecule has 6 heteroatoms. The topological polar surface area (TPSA) is 57.7 Å². The molecule has 0 radical (unpaired) electrons. The van der Waals surface area contributed by atoms with Crippen LogP contribution in [0, 0.1) is 5.92 Å². The largest absolute Gasteiger partial charge is 0.339 e. The molecule has 0 saturated carbocycles. The number of rotatable bonds is 5. The van der Waals surface area contributed by atoms with Crippen LogP contribution < -0.4 is 0 Å². The zero-order chi connectivity index (χ0) is 14.6. The summed E-state index contributed by atoms with van der Waals surface area (Å²) in [4.78, 5) is 13.9. The van der Waals surface area contributed by atoms with Gasteiger partial charge in [0.2, 0.25) is 15.9 Å². The third kappa shape index (κ3) is 4.18. The number of piperidine rings is 1. The fraction of sp³-hybridized carbons (Fsp3) is 0.923. The van der Waals surface area contributed by atoms with Crippen molar-refractivity contribution in [3.8, 4) is 0 Å². The Morgan fingerprint density at radius 2 is 1.84 bits per heavy atom. The van der Waals surface area contributed by atoms with E-state index in [0.717, 1.165) is 12.8 Å². The number of carbonyl (C=O) groups excluding carboxylic acids is 1. The van der Waals surface area contributed by atoms with Gasteiger partial charge in [-0.05, 0) is 25.7 Å². The summed E-state index contributed by atoms with van der Waals surface area (Å²) in [6.45, 7) is 9.25. The summed E-state index contributed by atoms with van der Waals surface area (Å²) in [7, 11) is -3.47. The average molecular weight is 290 g/mol. The van der Waals surface area contributed by atoms with Gasteiger partial charge in [-0.2, -0.15) is 0 Å². The normalized spacial score (nSPS) is 24.8. The van der Waals surface area contributed by atoms with Gasteiger partial charge in [0.25, 0.3) is 0 Å². The van der Waals surface area contributed by atoms with Crippen LogP contribution in [-0.4, -0.2) is 55.0 Å². The van der Waals surface area contributed by atoms with Gasteiger partial charge in [-0.3, -0.25) is 4.79 Å². The fourth-order valence-corrected chi connectivity index (χ4v) is 4.17. The Hall–Kier alpha value is -0.620. The van der Waals surface area contributed by atoms with Gasteiger partial charge in [0, 0.05) is 25.7 Å². The first kappa shape index (κ1) is 16.4. The van der Waals surface area contributed by atoms with Gasteiger partial charge in [0.05, 0.1) is 0 Å². The molecule has 0 spiro atoms. The van der Waals surface area contributed by atoms with Crippen LogP contribution in [0.1, 0.15) is 40.5 Å². The zero-order valence-electron chi connectivity index (χ0n) is 12.4. The Bertz CT molecular complexity index is 404. The lowest BCUT2D eigenvalue weighted by Gasteiger charge is -2.36. The number of hydrogen-bond acceptors (Lipinski definition) is 3. The van der Waals surface area contributed by atoms with E-state index in [2.05, 4.69) is 6.92 Å². The van der Waals surface area contributed by atoms with Crippen LogP contribution in [0.5, 0.6) is 0 Å². The molecule has 1 saturated heterocycles. The summed E-state index contributed by atoms with van der Waals surface area (Å²) < 4.78 is 25.5. The minimum atomic E-state index is -3.47. The second-order valence-electron chi connectivity index (χ2n) is 5.41. The molecule has 0 aliphatic carbocycles. The first-order valence-corrected chi connectivity index (χ1v) is 8.70. The van der Waals surface area contributed by atoms with E-state index in [4.69, 9.17) is 0 Å². The molecular weight excluding hydrogens is 264 g/mol. The van der Waals surface area contributed by atoms with Crippen molar-refractivity contribution in [3.05, 3.63) is 0 Å². The van der Waals surface area contributed by atoms with Gasteiger partial charge in [0.1, 0.15) is 5.75 Å². The van der Waals surface area contributed by atoms with Gasteiger partial charge in [-0.15, -0.1) is 0 Å². The van der Waals surface area contributed by atoms with Crippen LogP contribution in [0.2, 0.25) is 0 Å². The van der Waals surface area contributed by atoms with Gasteiger partial charge < -0.3 is 4.90 Å². The standard InChI is InChI=1S/C13H26N2O3S/c1-5-14(6-2)19(17,18)10-13(16)15-8-7-11(3)9-12(15)4/h11-12H,5-10H2,1-4H3. The number of likely N-dealkylation sites (tertiary alicyclic amines) is 1. The van der Waals surface area contributed by atoms with Crippen LogP contribution >= 0.6 is 0 Å². The second-order valence-corrected chi connectivity index (χ2v) is 7.38. The van der Waals surface area contributed by atoms with Crippen molar-refractivity contribution in [1.29, 1.82) is 0 Å². The molecule has 0 aromatic rings. The molecule has 19 heavy (non-hydrogen) atoms. The van der Waals surface area contributed by atoms with Crippen molar-refractivity contribution >= 4 is 15.9 Å². The van der Waals surface area contributed by atoms with Crippen LogP contribution in [0.15, 0.2) is 0 Å². The minimum absolute atomic E-state index is 0.142. The molecule has 0 N–H and O–H groups in total. The smallest absolute Gasteiger partial charge is 0.239 e. The third-order valence-corrected chi connectivity index (χ3v) is 5.78. The first-order chi connectivity index (χ1) is 8.81. The molecular formula is C13H26N2O3S. The van der Waals surface area contributed by atoms with E-state index in [1.807, 2.05) is 6.92 Å². The number of amides is 1. The van der Waals surface area contributed by atoms with E-state index in [-0.39, 0.29) is 11.9 Å². The van der Waals surface area contributed by atoms with E-state index < -0.39 is 15.8 Å². The fourth-order valence-electron chi connectivity index (χ4n) is 2.73. The quantitative estimate of drug-likeness (QED) is 0.767. The summed E-state index contributed by atoms with van der Waals surface area (Å²) in [5.74, 6) is -0.0438. The van der Waals surface area contributed by atoms with Crippen LogP contribution in [0.25, 0.3) is 0 Å². The molecule has 1 fully saturated rings. The molecule has 0 aromatic carbocycles. The van der Waals surface area contributed by atoms with Crippen molar-refractivity contribution in [1.82, 2.24) is 9.21 Å². The highest BCUT2D eigenvalue weighted by Gasteiger charge is 2.31. The maximum absolute atomic E-state index is 12.2. The summed E-state index contributed by atoms with van der Waals surface area (Å²) in [6, 6.07) is 0.142. The Labute approximate surface area is 117 Å². The van der Waals surface area contributed by atoms with Crippen molar-refractivity contribution in [2.75, 3.05) is 25.4 Å². The Kier molecular flexibility index (Phi) is 5.80. The predicted octanol–water partition coefficient (Wildman–Crippen LogP) is 1.30. The van der Waals surface area contributed by atoms with Crippen LogP contribution in [0.4, 0.5) is 0 Å². The van der Waals surface area contributed by atoms with Crippen LogP contribution in [0.3, 0.4) is 0 Å². The molecule has 112 valence electrons. The third-order valence-electron chi connectivity index (χ3n) is 3.86. The molecule has 1 aliphatic heterocycles. The van der Waals surface area contributed by atoms with E-state index in [9.17, 15) is 13.2 Å². The van der Waals surface area contributed by atoms with Gasteiger partial charge in [-0.1, -0.05) is 20.8 Å². The SMILES string of the molecule is CCN(CC)S(=O)(=O)CC(=O)N1CCC(C)CC1C. The highest BCUT2D eigenvalue weighted by molar-refractivity contribution is 7.89. The maximum Gasteiger partial charge on any atom is 0.239 e. The first-order valence-electron chi connectivity index (χ1n) is 7.09. The van der Waals surface area contributed by atoms with E-state index in [1.165, 1.54) is 4.31 Å². The summed E-state index contributed by atoms with van der Waals surface area (Å²) in [5, 5.41) is 0. The molecule has 1 amide bonds. The lowest BCUT2D eigenvalue weighted by atomic mass is 9.93.